The molecule has 0 saturated heterocycles. The molecule has 5 heteroatoms. The lowest BCUT2D eigenvalue weighted by atomic mass is 10.3. The Kier molecular flexibility index (Phi) is 3.06. The third kappa shape index (κ3) is 7.30. The van der Waals surface area contributed by atoms with Crippen LogP contribution in [-0.4, -0.2) is 17.6 Å². The van der Waals surface area contributed by atoms with Crippen LogP contribution >= 0.6 is 0 Å². The van der Waals surface area contributed by atoms with E-state index in [1.54, 1.807) is 0 Å². The van der Waals surface area contributed by atoms with Gasteiger partial charge in [-0.25, -0.2) is 4.79 Å². The summed E-state index contributed by atoms with van der Waals surface area (Å²) in [6.07, 6.45) is -0.866. The van der Waals surface area contributed by atoms with Crippen LogP contribution in [0.3, 0.4) is 0 Å². The molecule has 0 unspecified atom stereocenters. The molecule has 0 aliphatic rings. The Labute approximate surface area is 72.0 Å². The summed E-state index contributed by atoms with van der Waals surface area (Å²) in [5, 5.41) is 0. The summed E-state index contributed by atoms with van der Waals surface area (Å²) in [6.45, 7) is 6.16. The SMILES string of the molecule is CC(C)(N)OC(=O)OC(C)(C)N. The summed E-state index contributed by atoms with van der Waals surface area (Å²) in [5.74, 6) is 0. The molecule has 0 bridgehead atoms. The largest absolute Gasteiger partial charge is 0.511 e. The number of carbonyl (C=O) groups excluding carboxylic acids is 1. The van der Waals surface area contributed by atoms with E-state index < -0.39 is 17.6 Å². The summed E-state index contributed by atoms with van der Waals surface area (Å²) < 4.78 is 9.30. The maximum Gasteiger partial charge on any atom is 0.511 e. The fraction of sp³-hybridized carbons (Fsp3) is 0.857. The molecule has 0 radical (unpaired) electrons. The number of nitrogens with two attached hydrogens (primary N) is 2. The van der Waals surface area contributed by atoms with Crippen molar-refractivity contribution in [3.05, 3.63) is 0 Å². The maximum atomic E-state index is 10.9. The highest BCUT2D eigenvalue weighted by Crippen LogP contribution is 2.06. The molecule has 12 heavy (non-hydrogen) atoms. The van der Waals surface area contributed by atoms with Gasteiger partial charge in [0.1, 0.15) is 0 Å². The molecular weight excluding hydrogens is 160 g/mol. The van der Waals surface area contributed by atoms with Crippen LogP contribution in [0.5, 0.6) is 0 Å². The molecule has 0 aromatic heterocycles. The Morgan fingerprint density at radius 3 is 1.42 bits per heavy atom. The van der Waals surface area contributed by atoms with Crippen molar-refractivity contribution in [2.45, 2.75) is 39.1 Å². The molecule has 72 valence electrons. The second-order valence-electron chi connectivity index (χ2n) is 3.66. The first-order chi connectivity index (χ1) is 5.10. The number of hydrogen-bond donors (Lipinski definition) is 2. The summed E-state index contributed by atoms with van der Waals surface area (Å²) in [6, 6.07) is 0. The van der Waals surface area contributed by atoms with Crippen LogP contribution in [0, 0.1) is 0 Å². The van der Waals surface area contributed by atoms with Crippen LogP contribution in [0.1, 0.15) is 27.7 Å². The van der Waals surface area contributed by atoms with E-state index in [1.807, 2.05) is 0 Å². The van der Waals surface area contributed by atoms with Crippen molar-refractivity contribution >= 4 is 6.16 Å². The molecule has 0 rings (SSSR count). The summed E-state index contributed by atoms with van der Waals surface area (Å²) in [5.41, 5.74) is 8.70. The van der Waals surface area contributed by atoms with Crippen molar-refractivity contribution < 1.29 is 14.3 Å². The predicted octanol–water partition coefficient (Wildman–Crippen LogP) is 0.529. The van der Waals surface area contributed by atoms with Gasteiger partial charge in [-0.3, -0.25) is 11.5 Å². The number of ether oxygens (including phenoxy) is 2. The molecule has 5 nitrogen and oxygen atoms in total. The molecule has 0 amide bonds. The topological polar surface area (TPSA) is 87.6 Å². The van der Waals surface area contributed by atoms with E-state index >= 15 is 0 Å². The summed E-state index contributed by atoms with van der Waals surface area (Å²) in [4.78, 5) is 10.9. The van der Waals surface area contributed by atoms with Gasteiger partial charge < -0.3 is 9.47 Å². The number of rotatable bonds is 2. The van der Waals surface area contributed by atoms with Crippen LogP contribution in [-0.2, 0) is 9.47 Å². The number of carbonyl (C=O) groups is 1. The zero-order valence-corrected chi connectivity index (χ0v) is 7.88. The predicted molar refractivity (Wildman–Crippen MR) is 44.1 cm³/mol. The lowest BCUT2D eigenvalue weighted by Crippen LogP contribution is -2.43. The van der Waals surface area contributed by atoms with E-state index in [0.29, 0.717) is 0 Å². The minimum Gasteiger partial charge on any atom is -0.413 e. The van der Waals surface area contributed by atoms with Gasteiger partial charge in [-0.05, 0) is 27.7 Å². The van der Waals surface area contributed by atoms with E-state index in [4.69, 9.17) is 11.5 Å². The van der Waals surface area contributed by atoms with Gasteiger partial charge in [-0.15, -0.1) is 0 Å². The Morgan fingerprint density at radius 1 is 1.00 bits per heavy atom. The van der Waals surface area contributed by atoms with Gasteiger partial charge in [-0.1, -0.05) is 0 Å². The van der Waals surface area contributed by atoms with Crippen LogP contribution in [0.25, 0.3) is 0 Å². The van der Waals surface area contributed by atoms with Crippen molar-refractivity contribution in [2.24, 2.45) is 11.5 Å². The average Bonchev–Trinajstić information content (AvgIpc) is 1.49. The van der Waals surface area contributed by atoms with E-state index in [0.717, 1.165) is 0 Å². The van der Waals surface area contributed by atoms with Crippen molar-refractivity contribution in [1.82, 2.24) is 0 Å². The standard InChI is InChI=1S/C7H16N2O3/c1-6(2,8)11-5(10)12-7(3,4)9/h8-9H2,1-4H3. The van der Waals surface area contributed by atoms with Crippen molar-refractivity contribution in [1.29, 1.82) is 0 Å². The molecule has 0 saturated carbocycles. The molecule has 0 spiro atoms. The molecular formula is C7H16N2O3. The van der Waals surface area contributed by atoms with Crippen molar-refractivity contribution in [3.63, 3.8) is 0 Å². The monoisotopic (exact) mass is 176 g/mol. The molecule has 0 heterocycles. The van der Waals surface area contributed by atoms with E-state index in [-0.39, 0.29) is 0 Å². The van der Waals surface area contributed by atoms with Gasteiger partial charge in [0.15, 0.2) is 11.4 Å². The summed E-state index contributed by atoms with van der Waals surface area (Å²) >= 11 is 0. The Balaban J connectivity index is 3.92. The third-order valence-corrected chi connectivity index (χ3v) is 0.693. The highest BCUT2D eigenvalue weighted by Gasteiger charge is 2.23. The Hall–Kier alpha value is -0.810. The minimum atomic E-state index is -1.04. The first kappa shape index (κ1) is 11.2. The minimum absolute atomic E-state index is 0.866. The van der Waals surface area contributed by atoms with E-state index in [9.17, 15) is 4.79 Å². The van der Waals surface area contributed by atoms with E-state index in [1.165, 1.54) is 27.7 Å². The van der Waals surface area contributed by atoms with Gasteiger partial charge in [0.25, 0.3) is 0 Å². The van der Waals surface area contributed by atoms with Gasteiger partial charge in [0, 0.05) is 0 Å². The first-order valence-electron chi connectivity index (χ1n) is 3.60. The number of hydrogen-bond acceptors (Lipinski definition) is 5. The molecule has 0 atom stereocenters. The highest BCUT2D eigenvalue weighted by molar-refractivity contribution is 5.60. The van der Waals surface area contributed by atoms with Gasteiger partial charge in [0.05, 0.1) is 0 Å². The van der Waals surface area contributed by atoms with Crippen LogP contribution in [0.2, 0.25) is 0 Å². The van der Waals surface area contributed by atoms with Crippen molar-refractivity contribution in [3.8, 4) is 0 Å². The van der Waals surface area contributed by atoms with Crippen molar-refractivity contribution in [2.75, 3.05) is 0 Å². The average molecular weight is 176 g/mol. The Bertz CT molecular complexity index is 148. The van der Waals surface area contributed by atoms with Gasteiger partial charge in [-0.2, -0.15) is 0 Å². The second-order valence-corrected chi connectivity index (χ2v) is 3.66. The fourth-order valence-electron chi connectivity index (χ4n) is 0.450. The maximum absolute atomic E-state index is 10.9. The zero-order chi connectivity index (χ0) is 9.99. The molecule has 4 N–H and O–H groups in total. The molecule has 0 aromatic carbocycles. The fourth-order valence-corrected chi connectivity index (χ4v) is 0.450. The molecule has 0 fully saturated rings. The van der Waals surface area contributed by atoms with Crippen LogP contribution in [0.15, 0.2) is 0 Å². The van der Waals surface area contributed by atoms with Gasteiger partial charge >= 0.3 is 6.16 Å². The first-order valence-corrected chi connectivity index (χ1v) is 3.60. The molecule has 0 aliphatic heterocycles. The van der Waals surface area contributed by atoms with Crippen LogP contribution < -0.4 is 11.5 Å². The lowest BCUT2D eigenvalue weighted by Gasteiger charge is -2.23. The normalized spacial score (nSPS) is 12.5. The molecule has 0 aromatic rings. The van der Waals surface area contributed by atoms with Crippen LogP contribution in [0.4, 0.5) is 4.79 Å². The highest BCUT2D eigenvalue weighted by atomic mass is 16.7. The third-order valence-electron chi connectivity index (χ3n) is 0.693. The van der Waals surface area contributed by atoms with E-state index in [2.05, 4.69) is 9.47 Å². The second kappa shape index (κ2) is 3.28. The quantitative estimate of drug-likeness (QED) is 0.473. The van der Waals surface area contributed by atoms with Gasteiger partial charge in [0.2, 0.25) is 0 Å². The summed E-state index contributed by atoms with van der Waals surface area (Å²) in [7, 11) is 0. The Morgan fingerprint density at radius 2 is 1.25 bits per heavy atom. The lowest BCUT2D eigenvalue weighted by molar-refractivity contribution is -0.0546. The smallest absolute Gasteiger partial charge is 0.413 e. The zero-order valence-electron chi connectivity index (χ0n) is 7.88. The molecule has 0 aliphatic carbocycles.